The van der Waals surface area contributed by atoms with E-state index in [1.165, 1.54) is 0 Å². The van der Waals surface area contributed by atoms with E-state index in [0.29, 0.717) is 22.6 Å². The van der Waals surface area contributed by atoms with Crippen molar-refractivity contribution in [3.63, 3.8) is 0 Å². The van der Waals surface area contributed by atoms with Crippen LogP contribution in [0.2, 0.25) is 0 Å². The third kappa shape index (κ3) is 5.51. The molecule has 0 aliphatic heterocycles. The van der Waals surface area contributed by atoms with Gasteiger partial charge in [0.2, 0.25) is 0 Å². The van der Waals surface area contributed by atoms with E-state index in [1.807, 2.05) is 19.1 Å². The van der Waals surface area contributed by atoms with Gasteiger partial charge in [0, 0.05) is 16.8 Å². The molecule has 7 heteroatoms. The zero-order valence-corrected chi connectivity index (χ0v) is 17.7. The predicted octanol–water partition coefficient (Wildman–Crippen LogP) is 2.32. The summed E-state index contributed by atoms with van der Waals surface area (Å²) >= 11 is 0. The second kappa shape index (κ2) is 10.6. The molecule has 0 aliphatic carbocycles. The third-order valence-electron chi connectivity index (χ3n) is 5.15. The lowest BCUT2D eigenvalue weighted by Crippen LogP contribution is -2.35. The van der Waals surface area contributed by atoms with Gasteiger partial charge in [-0.2, -0.15) is 0 Å². The maximum Gasteiger partial charge on any atom is 0.128 e. The van der Waals surface area contributed by atoms with Crippen LogP contribution in [-0.2, 0) is 11.2 Å². The molecule has 30 heavy (non-hydrogen) atoms. The Morgan fingerprint density at radius 3 is 2.37 bits per heavy atom. The molecule has 0 aromatic heterocycles. The minimum atomic E-state index is -1.29. The number of aliphatic hydroxyl groups is 1. The molecule has 0 fully saturated rings. The second-order valence-electron chi connectivity index (χ2n) is 7.23. The van der Waals surface area contributed by atoms with Gasteiger partial charge in [0.05, 0.1) is 18.6 Å². The van der Waals surface area contributed by atoms with Gasteiger partial charge in [-0.15, -0.1) is 0 Å². The van der Waals surface area contributed by atoms with E-state index in [0.717, 1.165) is 24.0 Å². The number of aliphatic carboxylic acids is 1. The Morgan fingerprint density at radius 1 is 1.23 bits per heavy atom. The van der Waals surface area contributed by atoms with Crippen LogP contribution in [-0.4, -0.2) is 30.1 Å². The number of amidine groups is 1. The molecule has 7 nitrogen and oxygen atoms in total. The van der Waals surface area contributed by atoms with Crippen LogP contribution >= 0.6 is 0 Å². The van der Waals surface area contributed by atoms with Crippen LogP contribution < -0.4 is 20.9 Å². The number of nitrogens with two attached hydrogens (primary N) is 1. The lowest BCUT2D eigenvalue weighted by atomic mass is 9.90. The molecule has 2 aromatic rings. The number of carbonyl (C=O) groups is 1. The number of aryl methyl sites for hydroxylation is 1. The van der Waals surface area contributed by atoms with Crippen molar-refractivity contribution in [2.45, 2.75) is 45.6 Å². The second-order valence-corrected chi connectivity index (χ2v) is 7.23. The molecule has 2 unspecified atom stereocenters. The molecular formula is C23H30N3O4-. The Bertz CT molecular complexity index is 881. The van der Waals surface area contributed by atoms with Crippen LogP contribution in [0, 0.1) is 5.41 Å². The first-order chi connectivity index (χ1) is 14.3. The number of nitrogen functional groups attached to an aromatic ring is 1. The van der Waals surface area contributed by atoms with Gasteiger partial charge in [-0.05, 0) is 60.2 Å². The average Bonchev–Trinajstić information content (AvgIpc) is 2.75. The summed E-state index contributed by atoms with van der Waals surface area (Å²) in [5, 5.41) is 31.9. The first-order valence-corrected chi connectivity index (χ1v) is 10.1. The Morgan fingerprint density at radius 2 is 1.87 bits per heavy atom. The van der Waals surface area contributed by atoms with Crippen molar-refractivity contribution in [2.75, 3.05) is 18.5 Å². The molecule has 0 bridgehead atoms. The summed E-state index contributed by atoms with van der Waals surface area (Å²) in [5.41, 5.74) is 8.96. The highest BCUT2D eigenvalue weighted by Crippen LogP contribution is 2.38. The highest BCUT2D eigenvalue weighted by atomic mass is 16.5. The molecule has 0 amide bonds. The summed E-state index contributed by atoms with van der Waals surface area (Å²) in [7, 11) is 0. The molecule has 0 aliphatic rings. The molecule has 2 atom stereocenters. The van der Waals surface area contributed by atoms with Gasteiger partial charge in [-0.1, -0.05) is 26.8 Å². The van der Waals surface area contributed by atoms with Gasteiger partial charge < -0.3 is 30.8 Å². The highest BCUT2D eigenvalue weighted by molar-refractivity contribution is 5.95. The number of nitrogens with one attached hydrogen (secondary N) is 2. The summed E-state index contributed by atoms with van der Waals surface area (Å²) in [6.45, 7) is 6.02. The average molecular weight is 413 g/mol. The molecule has 0 heterocycles. The Balaban J connectivity index is 2.55. The van der Waals surface area contributed by atoms with Gasteiger partial charge in [0.15, 0.2) is 0 Å². The Hall–Kier alpha value is -3.06. The Labute approximate surface area is 177 Å². The fraction of sp³-hybridized carbons (Fsp3) is 0.391. The SMILES string of the molecule is CCc1cc(C(C)CC)c(OCCO)c(C(Nc2ccc(C(=N)N)cc2)C(=O)[O-])c1. The number of rotatable bonds is 11. The van der Waals surface area contributed by atoms with E-state index in [1.54, 1.807) is 24.3 Å². The van der Waals surface area contributed by atoms with Crippen molar-refractivity contribution >= 4 is 17.5 Å². The molecule has 5 N–H and O–H groups in total. The summed E-state index contributed by atoms with van der Waals surface area (Å²) in [5.74, 6) is -0.728. The molecule has 0 spiro atoms. The van der Waals surface area contributed by atoms with Gasteiger partial charge in [0.1, 0.15) is 18.2 Å². The summed E-state index contributed by atoms with van der Waals surface area (Å²) in [6, 6.07) is 9.33. The first-order valence-electron chi connectivity index (χ1n) is 10.1. The summed E-state index contributed by atoms with van der Waals surface area (Å²) in [4.78, 5) is 12.1. The molecule has 0 saturated heterocycles. The number of ether oxygens (including phenoxy) is 1. The van der Waals surface area contributed by atoms with Crippen molar-refractivity contribution in [3.05, 3.63) is 58.7 Å². The fourth-order valence-corrected chi connectivity index (χ4v) is 3.23. The minimum absolute atomic E-state index is 0.0634. The van der Waals surface area contributed by atoms with Gasteiger partial charge in [-0.25, -0.2) is 0 Å². The van der Waals surface area contributed by atoms with Crippen LogP contribution in [0.5, 0.6) is 5.75 Å². The standard InChI is InChI=1S/C23H31N3O4/c1-4-14(3)18-12-15(5-2)13-19(21(18)30-11-10-27)20(23(28)29)26-17-8-6-16(7-9-17)22(24)25/h6-9,12-14,20,26-27H,4-5,10-11H2,1-3H3,(H3,24,25)(H,28,29)/p-1. The molecule has 162 valence electrons. The van der Waals surface area contributed by atoms with Crippen molar-refractivity contribution < 1.29 is 19.7 Å². The first kappa shape index (κ1) is 23.2. The van der Waals surface area contributed by atoms with Crippen molar-refractivity contribution in [1.29, 1.82) is 5.41 Å². The number of benzene rings is 2. The normalized spacial score (nSPS) is 12.8. The number of aliphatic hydroxyl groups excluding tert-OH is 1. The van der Waals surface area contributed by atoms with Crippen LogP contribution in [0.3, 0.4) is 0 Å². The third-order valence-corrected chi connectivity index (χ3v) is 5.15. The fourth-order valence-electron chi connectivity index (χ4n) is 3.23. The quantitative estimate of drug-likeness (QED) is 0.331. The number of carboxylic acid groups (broad SMARTS) is 1. The Kier molecular flexibility index (Phi) is 8.24. The lowest BCUT2D eigenvalue weighted by molar-refractivity contribution is -0.307. The predicted molar refractivity (Wildman–Crippen MR) is 116 cm³/mol. The maximum atomic E-state index is 12.1. The minimum Gasteiger partial charge on any atom is -0.548 e. The maximum absolute atomic E-state index is 12.1. The molecular weight excluding hydrogens is 382 g/mol. The van der Waals surface area contributed by atoms with Gasteiger partial charge >= 0.3 is 0 Å². The molecule has 0 saturated carbocycles. The highest BCUT2D eigenvalue weighted by Gasteiger charge is 2.23. The van der Waals surface area contributed by atoms with Gasteiger partial charge in [0.25, 0.3) is 0 Å². The zero-order valence-electron chi connectivity index (χ0n) is 17.7. The van der Waals surface area contributed by atoms with E-state index in [-0.39, 0.29) is 25.0 Å². The summed E-state index contributed by atoms with van der Waals surface area (Å²) in [6.07, 6.45) is 1.60. The van der Waals surface area contributed by atoms with Crippen LogP contribution in [0.25, 0.3) is 0 Å². The summed E-state index contributed by atoms with van der Waals surface area (Å²) < 4.78 is 5.83. The number of hydrogen-bond donors (Lipinski definition) is 4. The van der Waals surface area contributed by atoms with E-state index >= 15 is 0 Å². The van der Waals surface area contributed by atoms with Crippen molar-refractivity contribution in [1.82, 2.24) is 0 Å². The number of carbonyl (C=O) groups excluding carboxylic acids is 1. The monoisotopic (exact) mass is 412 g/mol. The van der Waals surface area contributed by atoms with E-state index in [2.05, 4.69) is 19.2 Å². The van der Waals surface area contributed by atoms with E-state index in [9.17, 15) is 15.0 Å². The molecule has 2 aromatic carbocycles. The smallest absolute Gasteiger partial charge is 0.128 e. The van der Waals surface area contributed by atoms with Crippen molar-refractivity contribution in [2.24, 2.45) is 5.73 Å². The van der Waals surface area contributed by atoms with Crippen LogP contribution in [0.1, 0.15) is 61.4 Å². The lowest BCUT2D eigenvalue weighted by Gasteiger charge is -2.27. The zero-order chi connectivity index (χ0) is 22.3. The van der Waals surface area contributed by atoms with E-state index < -0.39 is 12.0 Å². The largest absolute Gasteiger partial charge is 0.548 e. The molecule has 0 radical (unpaired) electrons. The van der Waals surface area contributed by atoms with Crippen LogP contribution in [0.15, 0.2) is 36.4 Å². The number of anilines is 1. The van der Waals surface area contributed by atoms with E-state index in [4.69, 9.17) is 15.9 Å². The number of carboxylic acids is 1. The van der Waals surface area contributed by atoms with Crippen molar-refractivity contribution in [3.8, 4) is 5.75 Å². The number of hydrogen-bond acceptors (Lipinski definition) is 6. The molecule has 2 rings (SSSR count). The van der Waals surface area contributed by atoms with Crippen LogP contribution in [0.4, 0.5) is 5.69 Å². The van der Waals surface area contributed by atoms with Gasteiger partial charge in [-0.3, -0.25) is 5.41 Å². The topological polar surface area (TPSA) is 131 Å².